The van der Waals surface area contributed by atoms with Crippen LogP contribution in [0.15, 0.2) is 46.9 Å². The Balaban J connectivity index is 2.16. The van der Waals surface area contributed by atoms with Gasteiger partial charge in [-0.1, -0.05) is 40.2 Å². The van der Waals surface area contributed by atoms with Gasteiger partial charge in [0.05, 0.1) is 7.11 Å². The molecule has 0 bridgehead atoms. The van der Waals surface area contributed by atoms with Crippen molar-refractivity contribution in [2.45, 2.75) is 19.8 Å². The van der Waals surface area contributed by atoms with Crippen LogP contribution in [0.5, 0.6) is 5.75 Å². The Labute approximate surface area is 134 Å². The molecule has 0 aliphatic rings. The molecule has 0 heterocycles. The summed E-state index contributed by atoms with van der Waals surface area (Å²) in [4.78, 5) is 0. The molecule has 0 aliphatic heterocycles. The number of aliphatic hydroxyl groups is 1. The van der Waals surface area contributed by atoms with Gasteiger partial charge in [-0.05, 0) is 60.6 Å². The van der Waals surface area contributed by atoms with E-state index in [2.05, 4.69) is 47.1 Å². The predicted molar refractivity (Wildman–Crippen MR) is 89.9 cm³/mol. The lowest BCUT2D eigenvalue weighted by Gasteiger charge is -2.17. The predicted octanol–water partition coefficient (Wildman–Crippen LogP) is 4.16. The fourth-order valence-electron chi connectivity index (χ4n) is 2.57. The highest BCUT2D eigenvalue weighted by atomic mass is 79.9. The quantitative estimate of drug-likeness (QED) is 0.849. The molecule has 1 unspecified atom stereocenters. The fourth-order valence-corrected chi connectivity index (χ4v) is 2.98. The van der Waals surface area contributed by atoms with Gasteiger partial charge >= 0.3 is 0 Å². The van der Waals surface area contributed by atoms with E-state index in [1.807, 2.05) is 18.2 Å². The third-order valence-corrected chi connectivity index (χ3v) is 4.27. The minimum absolute atomic E-state index is 0.171. The molecular weight excluding hydrogens is 328 g/mol. The van der Waals surface area contributed by atoms with E-state index in [9.17, 15) is 5.11 Å². The lowest BCUT2D eigenvalue weighted by molar-refractivity contribution is 0.224. The standard InChI is InChI=1S/C18H21BrO2/c1-13-5-3-4-6-15(13)9-14(12-20)10-16-11-17(19)7-8-18(16)21-2/h3-8,11,14,20H,9-10,12H2,1-2H3. The van der Waals surface area contributed by atoms with E-state index in [0.717, 1.165) is 28.6 Å². The monoisotopic (exact) mass is 348 g/mol. The van der Waals surface area contributed by atoms with Gasteiger partial charge in [-0.25, -0.2) is 0 Å². The summed E-state index contributed by atoms with van der Waals surface area (Å²) >= 11 is 3.50. The number of halogens is 1. The van der Waals surface area contributed by atoms with Crippen LogP contribution >= 0.6 is 15.9 Å². The van der Waals surface area contributed by atoms with Crippen molar-refractivity contribution in [2.24, 2.45) is 5.92 Å². The third-order valence-electron chi connectivity index (χ3n) is 3.78. The van der Waals surface area contributed by atoms with Crippen LogP contribution in [0.3, 0.4) is 0 Å². The van der Waals surface area contributed by atoms with Crippen molar-refractivity contribution in [3.05, 3.63) is 63.6 Å². The van der Waals surface area contributed by atoms with E-state index in [1.165, 1.54) is 11.1 Å². The van der Waals surface area contributed by atoms with Crippen LogP contribution in [0.4, 0.5) is 0 Å². The van der Waals surface area contributed by atoms with Gasteiger partial charge in [-0.15, -0.1) is 0 Å². The molecule has 0 amide bonds. The summed E-state index contributed by atoms with van der Waals surface area (Å²) in [5.74, 6) is 1.07. The van der Waals surface area contributed by atoms with Crippen LogP contribution in [0.1, 0.15) is 16.7 Å². The van der Waals surface area contributed by atoms with Crippen LogP contribution < -0.4 is 4.74 Å². The van der Waals surface area contributed by atoms with Crippen molar-refractivity contribution in [2.75, 3.05) is 13.7 Å². The number of rotatable bonds is 6. The van der Waals surface area contributed by atoms with Crippen LogP contribution in [0.2, 0.25) is 0 Å². The fraction of sp³-hybridized carbons (Fsp3) is 0.333. The first-order valence-electron chi connectivity index (χ1n) is 7.11. The Hall–Kier alpha value is -1.32. The smallest absolute Gasteiger partial charge is 0.122 e. The van der Waals surface area contributed by atoms with Crippen molar-refractivity contribution in [3.63, 3.8) is 0 Å². The molecule has 0 spiro atoms. The van der Waals surface area contributed by atoms with E-state index < -0.39 is 0 Å². The average molecular weight is 349 g/mol. The Bertz CT molecular complexity index is 596. The van der Waals surface area contributed by atoms with Crippen molar-refractivity contribution < 1.29 is 9.84 Å². The highest BCUT2D eigenvalue weighted by molar-refractivity contribution is 9.10. The Kier molecular flexibility index (Phi) is 5.83. The van der Waals surface area contributed by atoms with Crippen LogP contribution in [-0.2, 0) is 12.8 Å². The van der Waals surface area contributed by atoms with Gasteiger partial charge in [-0.2, -0.15) is 0 Å². The van der Waals surface area contributed by atoms with E-state index in [-0.39, 0.29) is 12.5 Å². The molecular formula is C18H21BrO2. The summed E-state index contributed by atoms with van der Waals surface area (Å²) in [7, 11) is 1.68. The van der Waals surface area contributed by atoms with Gasteiger partial charge in [0.15, 0.2) is 0 Å². The Morgan fingerprint density at radius 1 is 1.10 bits per heavy atom. The van der Waals surface area contributed by atoms with E-state index in [4.69, 9.17) is 4.74 Å². The molecule has 2 nitrogen and oxygen atoms in total. The van der Waals surface area contributed by atoms with Crippen LogP contribution in [-0.4, -0.2) is 18.8 Å². The second-order valence-corrected chi connectivity index (χ2v) is 6.26. The Morgan fingerprint density at radius 3 is 2.48 bits per heavy atom. The molecule has 21 heavy (non-hydrogen) atoms. The molecule has 0 fully saturated rings. The summed E-state index contributed by atoms with van der Waals surface area (Å²) in [5.41, 5.74) is 3.70. The molecule has 2 aromatic rings. The number of benzene rings is 2. The first kappa shape index (κ1) is 16.1. The van der Waals surface area contributed by atoms with Gasteiger partial charge in [0, 0.05) is 11.1 Å². The van der Waals surface area contributed by atoms with Crippen molar-refractivity contribution in [1.29, 1.82) is 0 Å². The highest BCUT2D eigenvalue weighted by Crippen LogP contribution is 2.27. The number of ether oxygens (including phenoxy) is 1. The zero-order chi connectivity index (χ0) is 15.2. The van der Waals surface area contributed by atoms with Crippen LogP contribution in [0.25, 0.3) is 0 Å². The van der Waals surface area contributed by atoms with Crippen molar-refractivity contribution in [1.82, 2.24) is 0 Å². The maximum Gasteiger partial charge on any atom is 0.122 e. The van der Waals surface area contributed by atoms with Gasteiger partial charge in [0.2, 0.25) is 0 Å². The molecule has 0 aliphatic carbocycles. The topological polar surface area (TPSA) is 29.5 Å². The summed E-state index contributed by atoms with van der Waals surface area (Å²) < 4.78 is 6.45. The molecule has 0 aromatic heterocycles. The first-order chi connectivity index (χ1) is 10.1. The first-order valence-corrected chi connectivity index (χ1v) is 7.91. The second-order valence-electron chi connectivity index (χ2n) is 5.34. The number of aryl methyl sites for hydroxylation is 1. The van der Waals surface area contributed by atoms with Gasteiger partial charge in [0.1, 0.15) is 5.75 Å². The molecule has 1 N–H and O–H groups in total. The third kappa shape index (κ3) is 4.32. The highest BCUT2D eigenvalue weighted by Gasteiger charge is 2.14. The minimum atomic E-state index is 0.171. The van der Waals surface area contributed by atoms with E-state index in [0.29, 0.717) is 0 Å². The lowest BCUT2D eigenvalue weighted by Crippen LogP contribution is -2.14. The molecule has 3 heteroatoms. The lowest BCUT2D eigenvalue weighted by atomic mass is 9.91. The molecule has 0 radical (unpaired) electrons. The average Bonchev–Trinajstić information content (AvgIpc) is 2.49. The maximum absolute atomic E-state index is 9.72. The summed E-state index contributed by atoms with van der Waals surface area (Å²) in [6.45, 7) is 2.29. The maximum atomic E-state index is 9.72. The Morgan fingerprint density at radius 2 is 1.81 bits per heavy atom. The normalized spacial score (nSPS) is 12.2. The second kappa shape index (κ2) is 7.62. The molecule has 2 rings (SSSR count). The summed E-state index contributed by atoms with van der Waals surface area (Å²) in [6.07, 6.45) is 1.67. The van der Waals surface area contributed by atoms with Gasteiger partial charge in [0.25, 0.3) is 0 Å². The number of aliphatic hydroxyl groups excluding tert-OH is 1. The molecule has 0 saturated heterocycles. The summed E-state index contributed by atoms with van der Waals surface area (Å²) in [5, 5.41) is 9.72. The molecule has 2 aromatic carbocycles. The number of methoxy groups -OCH3 is 1. The largest absolute Gasteiger partial charge is 0.496 e. The van der Waals surface area contributed by atoms with Crippen LogP contribution in [0, 0.1) is 12.8 Å². The zero-order valence-electron chi connectivity index (χ0n) is 12.5. The number of hydrogen-bond acceptors (Lipinski definition) is 2. The van der Waals surface area contributed by atoms with E-state index in [1.54, 1.807) is 7.11 Å². The van der Waals surface area contributed by atoms with Crippen molar-refractivity contribution >= 4 is 15.9 Å². The molecule has 0 saturated carbocycles. The molecule has 112 valence electrons. The van der Waals surface area contributed by atoms with Gasteiger partial charge < -0.3 is 9.84 Å². The number of hydrogen-bond donors (Lipinski definition) is 1. The van der Waals surface area contributed by atoms with E-state index >= 15 is 0 Å². The molecule has 1 atom stereocenters. The zero-order valence-corrected chi connectivity index (χ0v) is 14.1. The minimum Gasteiger partial charge on any atom is -0.496 e. The van der Waals surface area contributed by atoms with Gasteiger partial charge in [-0.3, -0.25) is 0 Å². The summed E-state index contributed by atoms with van der Waals surface area (Å²) in [6, 6.07) is 14.3. The SMILES string of the molecule is COc1ccc(Br)cc1CC(CO)Cc1ccccc1C. The van der Waals surface area contributed by atoms with Crippen molar-refractivity contribution in [3.8, 4) is 5.75 Å².